The summed E-state index contributed by atoms with van der Waals surface area (Å²) in [7, 11) is 0. The van der Waals surface area contributed by atoms with Crippen molar-refractivity contribution in [1.82, 2.24) is 0 Å². The summed E-state index contributed by atoms with van der Waals surface area (Å²) in [5.41, 5.74) is 8.05. The Morgan fingerprint density at radius 1 is 0.656 bits per heavy atom. The van der Waals surface area contributed by atoms with Crippen LogP contribution in [0.15, 0.2) is 72.8 Å². The van der Waals surface area contributed by atoms with Gasteiger partial charge in [0.2, 0.25) is 0 Å². The molecule has 0 spiro atoms. The topological polar surface area (TPSA) is 0 Å². The van der Waals surface area contributed by atoms with Gasteiger partial charge in [-0.2, -0.15) is 0 Å². The van der Waals surface area contributed by atoms with E-state index in [1.807, 2.05) is 0 Å². The Balaban J connectivity index is 1.36. The zero-order chi connectivity index (χ0) is 22.2. The summed E-state index contributed by atoms with van der Waals surface area (Å²) in [6, 6.07) is 27.3. The predicted octanol–water partition coefficient (Wildman–Crippen LogP) is 9.66. The summed E-state index contributed by atoms with van der Waals surface area (Å²) in [6.45, 7) is 2.31. The molecule has 0 aromatic heterocycles. The largest absolute Gasteiger partial charge is 0.127 e. The van der Waals surface area contributed by atoms with Gasteiger partial charge in [-0.15, -0.1) is 11.6 Å². The fourth-order valence-electron chi connectivity index (χ4n) is 5.21. The van der Waals surface area contributed by atoms with E-state index in [4.69, 9.17) is 11.6 Å². The third-order valence-electron chi connectivity index (χ3n) is 7.30. The second-order valence-corrected chi connectivity index (χ2v) is 9.93. The van der Waals surface area contributed by atoms with E-state index < -0.39 is 0 Å². The minimum atomic E-state index is 0.727. The van der Waals surface area contributed by atoms with Gasteiger partial charge in [-0.1, -0.05) is 99.0 Å². The predicted molar refractivity (Wildman–Crippen MR) is 141 cm³/mol. The molecule has 0 radical (unpaired) electrons. The summed E-state index contributed by atoms with van der Waals surface area (Å²) >= 11 is 5.81. The fourth-order valence-corrected chi connectivity index (χ4v) is 5.35. The second kappa shape index (κ2) is 11.7. The first kappa shape index (κ1) is 23.1. The van der Waals surface area contributed by atoms with Crippen molar-refractivity contribution < 1.29 is 0 Å². The molecule has 1 heteroatoms. The van der Waals surface area contributed by atoms with Crippen LogP contribution in [0.1, 0.15) is 75.3 Å². The van der Waals surface area contributed by atoms with Gasteiger partial charge in [0.1, 0.15) is 0 Å². The molecule has 3 aromatic carbocycles. The molecule has 0 nitrogen and oxygen atoms in total. The number of alkyl halides is 1. The molecule has 3 aromatic rings. The Labute approximate surface area is 200 Å². The van der Waals surface area contributed by atoms with Gasteiger partial charge in [0.05, 0.1) is 0 Å². The van der Waals surface area contributed by atoms with Crippen molar-refractivity contribution in [1.29, 1.82) is 0 Å². The number of hydrogen-bond donors (Lipinski definition) is 0. The zero-order valence-corrected chi connectivity index (χ0v) is 20.3. The summed E-state index contributed by atoms with van der Waals surface area (Å²) in [5.74, 6) is 2.47. The van der Waals surface area contributed by atoms with Crippen molar-refractivity contribution in [3.8, 4) is 22.3 Å². The molecule has 1 fully saturated rings. The highest BCUT2D eigenvalue weighted by Gasteiger charge is 2.21. The van der Waals surface area contributed by atoms with Crippen LogP contribution in [0.3, 0.4) is 0 Å². The number of halogens is 1. The van der Waals surface area contributed by atoms with E-state index in [0.29, 0.717) is 0 Å². The van der Waals surface area contributed by atoms with Crippen molar-refractivity contribution >= 4 is 11.6 Å². The number of aryl methyl sites for hydroxylation is 1. The summed E-state index contributed by atoms with van der Waals surface area (Å²) < 4.78 is 0. The number of unbranched alkanes of at least 4 members (excludes halogenated alkanes) is 1. The molecule has 0 aliphatic heterocycles. The normalized spacial score (nSPS) is 18.6. The summed E-state index contributed by atoms with van der Waals surface area (Å²) in [6.07, 6.45) is 11.8. The van der Waals surface area contributed by atoms with Gasteiger partial charge in [-0.05, 0) is 83.7 Å². The van der Waals surface area contributed by atoms with E-state index >= 15 is 0 Å². The quantitative estimate of drug-likeness (QED) is 0.288. The van der Waals surface area contributed by atoms with Gasteiger partial charge < -0.3 is 0 Å². The van der Waals surface area contributed by atoms with Crippen LogP contribution in [-0.2, 0) is 6.42 Å². The van der Waals surface area contributed by atoms with E-state index in [2.05, 4.69) is 79.7 Å². The molecule has 32 heavy (non-hydrogen) atoms. The van der Waals surface area contributed by atoms with Crippen molar-refractivity contribution in [2.75, 3.05) is 5.88 Å². The lowest BCUT2D eigenvalue weighted by molar-refractivity contribution is 0.304. The molecule has 0 atom stereocenters. The summed E-state index contributed by atoms with van der Waals surface area (Å²) in [5, 5.41) is 0. The lowest BCUT2D eigenvalue weighted by Gasteiger charge is -2.29. The van der Waals surface area contributed by atoms with Crippen LogP contribution in [0.4, 0.5) is 0 Å². The molecule has 168 valence electrons. The second-order valence-electron chi connectivity index (χ2n) is 9.55. The van der Waals surface area contributed by atoms with Gasteiger partial charge in [0.15, 0.2) is 0 Å². The highest BCUT2D eigenvalue weighted by Crippen LogP contribution is 2.38. The van der Waals surface area contributed by atoms with E-state index in [1.54, 1.807) is 0 Å². The van der Waals surface area contributed by atoms with Gasteiger partial charge >= 0.3 is 0 Å². The van der Waals surface area contributed by atoms with Crippen molar-refractivity contribution in [3.63, 3.8) is 0 Å². The minimum Gasteiger partial charge on any atom is -0.127 e. The van der Waals surface area contributed by atoms with E-state index in [-0.39, 0.29) is 0 Å². The van der Waals surface area contributed by atoms with Crippen LogP contribution in [0.25, 0.3) is 22.3 Å². The first-order chi connectivity index (χ1) is 15.8. The molecule has 0 bridgehead atoms. The lowest BCUT2D eigenvalue weighted by atomic mass is 9.77. The maximum absolute atomic E-state index is 5.81. The van der Waals surface area contributed by atoms with E-state index in [9.17, 15) is 0 Å². The average molecular weight is 445 g/mol. The molecule has 0 heterocycles. The SMILES string of the molecule is CCCC[C@H]1CC[C@H](c2ccc(-c3ccc(-c4ccc(CCCCl)cc4)cc3)cc2)CC1. The molecule has 0 amide bonds. The molecule has 1 aliphatic carbocycles. The first-order valence-electron chi connectivity index (χ1n) is 12.6. The smallest absolute Gasteiger partial charge is 0.0226 e. The molecular weight excluding hydrogens is 408 g/mol. The van der Waals surface area contributed by atoms with Crippen molar-refractivity contribution in [2.24, 2.45) is 5.92 Å². The highest BCUT2D eigenvalue weighted by molar-refractivity contribution is 6.17. The summed E-state index contributed by atoms with van der Waals surface area (Å²) in [4.78, 5) is 0. The van der Waals surface area contributed by atoms with Crippen LogP contribution in [0, 0.1) is 5.92 Å². The molecule has 0 saturated heterocycles. The maximum Gasteiger partial charge on any atom is 0.0226 e. The molecule has 0 N–H and O–H groups in total. The third-order valence-corrected chi connectivity index (χ3v) is 7.57. The van der Waals surface area contributed by atoms with Crippen LogP contribution < -0.4 is 0 Å². The monoisotopic (exact) mass is 444 g/mol. The fraction of sp³-hybridized carbons (Fsp3) is 0.419. The van der Waals surface area contributed by atoms with Gasteiger partial charge in [-0.25, -0.2) is 0 Å². The van der Waals surface area contributed by atoms with E-state index in [0.717, 1.165) is 30.6 Å². The Bertz CT molecular complexity index is 929. The van der Waals surface area contributed by atoms with Crippen LogP contribution in [0.5, 0.6) is 0 Å². The van der Waals surface area contributed by atoms with Gasteiger partial charge in [-0.3, -0.25) is 0 Å². The molecule has 0 unspecified atom stereocenters. The minimum absolute atomic E-state index is 0.727. The van der Waals surface area contributed by atoms with E-state index in [1.165, 1.54) is 78.3 Å². The highest BCUT2D eigenvalue weighted by atomic mass is 35.5. The van der Waals surface area contributed by atoms with Crippen molar-refractivity contribution in [3.05, 3.63) is 83.9 Å². The van der Waals surface area contributed by atoms with Gasteiger partial charge in [0.25, 0.3) is 0 Å². The number of hydrogen-bond acceptors (Lipinski definition) is 0. The Hall–Kier alpha value is -2.05. The molecule has 1 saturated carbocycles. The third kappa shape index (κ3) is 6.04. The van der Waals surface area contributed by atoms with Crippen LogP contribution in [0.2, 0.25) is 0 Å². The Kier molecular flexibility index (Phi) is 8.46. The lowest BCUT2D eigenvalue weighted by Crippen LogP contribution is -2.13. The zero-order valence-electron chi connectivity index (χ0n) is 19.5. The molecular formula is C31H37Cl. The number of benzene rings is 3. The van der Waals surface area contributed by atoms with Crippen molar-refractivity contribution in [2.45, 2.75) is 70.6 Å². The standard InChI is InChI=1S/C31H37Cl/c1-2-3-5-24-7-11-26(12-8-24)28-15-19-30(20-16-28)31-21-17-29(18-22-31)27-13-9-25(10-14-27)6-4-23-32/h9-10,13-22,24,26H,2-8,11-12,23H2,1H3/t24-,26-. The molecule has 1 aliphatic rings. The Morgan fingerprint density at radius 3 is 1.66 bits per heavy atom. The number of rotatable bonds is 9. The average Bonchev–Trinajstić information content (AvgIpc) is 2.87. The van der Waals surface area contributed by atoms with Crippen LogP contribution >= 0.6 is 11.6 Å². The van der Waals surface area contributed by atoms with Gasteiger partial charge in [0, 0.05) is 5.88 Å². The Morgan fingerprint density at radius 2 is 1.16 bits per heavy atom. The maximum atomic E-state index is 5.81. The molecule has 4 rings (SSSR count). The van der Waals surface area contributed by atoms with Crippen LogP contribution in [-0.4, -0.2) is 5.88 Å². The first-order valence-corrected chi connectivity index (χ1v) is 13.2.